The first-order valence-electron chi connectivity index (χ1n) is 7.10. The van der Waals surface area contributed by atoms with Crippen LogP contribution in [0.3, 0.4) is 0 Å². The van der Waals surface area contributed by atoms with E-state index in [1.54, 1.807) is 11.8 Å². The van der Waals surface area contributed by atoms with Gasteiger partial charge in [-0.15, -0.1) is 5.10 Å². The van der Waals surface area contributed by atoms with Gasteiger partial charge in [0.2, 0.25) is 5.91 Å². The fourth-order valence-corrected chi connectivity index (χ4v) is 2.20. The van der Waals surface area contributed by atoms with E-state index in [-0.39, 0.29) is 5.91 Å². The number of carbonyl (C=O) groups is 1. The molecule has 3 rings (SSSR count). The van der Waals surface area contributed by atoms with Gasteiger partial charge in [0.05, 0.1) is 19.0 Å². The molecule has 6 nitrogen and oxygen atoms in total. The fraction of sp³-hybridized carbons (Fsp3) is 0.118. The molecule has 0 fully saturated rings. The van der Waals surface area contributed by atoms with Crippen LogP contribution in [0.25, 0.3) is 16.9 Å². The van der Waals surface area contributed by atoms with E-state index in [4.69, 9.17) is 4.74 Å². The highest BCUT2D eigenvalue weighted by Gasteiger charge is 2.06. The number of benzene rings is 2. The lowest BCUT2D eigenvalue weighted by Crippen LogP contribution is -2.05. The summed E-state index contributed by atoms with van der Waals surface area (Å²) < 4.78 is 6.91. The first-order valence-corrected chi connectivity index (χ1v) is 7.10. The number of aromatic nitrogens is 3. The molecule has 0 aliphatic carbocycles. The summed E-state index contributed by atoms with van der Waals surface area (Å²) in [6.45, 7) is 1.48. The summed E-state index contributed by atoms with van der Waals surface area (Å²) in [6, 6.07) is 15.1. The van der Waals surface area contributed by atoms with E-state index in [0.717, 1.165) is 28.4 Å². The van der Waals surface area contributed by atoms with E-state index in [0.29, 0.717) is 0 Å². The summed E-state index contributed by atoms with van der Waals surface area (Å²) in [5.74, 6) is 0.668. The standard InChI is InChI=1S/C17H16N4O2/c1-12(22)18-14-8-6-13(7-9-14)17-11-21(20-19-17)15-4-3-5-16(10-15)23-2/h3-11H,1-2H3,(H,18,22). The van der Waals surface area contributed by atoms with Gasteiger partial charge >= 0.3 is 0 Å². The van der Waals surface area contributed by atoms with E-state index >= 15 is 0 Å². The van der Waals surface area contributed by atoms with Gasteiger partial charge in [-0.05, 0) is 24.3 Å². The van der Waals surface area contributed by atoms with Crippen LogP contribution in [-0.2, 0) is 4.79 Å². The average molecular weight is 308 g/mol. The van der Waals surface area contributed by atoms with Gasteiger partial charge in [0.1, 0.15) is 11.4 Å². The zero-order valence-electron chi connectivity index (χ0n) is 12.9. The maximum atomic E-state index is 11.0. The number of ether oxygens (including phenoxy) is 1. The van der Waals surface area contributed by atoms with Crippen LogP contribution in [0.15, 0.2) is 54.7 Å². The molecule has 6 heteroatoms. The zero-order valence-corrected chi connectivity index (χ0v) is 12.9. The molecule has 1 amide bonds. The Labute approximate surface area is 133 Å². The topological polar surface area (TPSA) is 69.0 Å². The van der Waals surface area contributed by atoms with Gasteiger partial charge in [0.15, 0.2) is 0 Å². The van der Waals surface area contributed by atoms with Crippen LogP contribution in [0.4, 0.5) is 5.69 Å². The highest BCUT2D eigenvalue weighted by atomic mass is 16.5. The second kappa shape index (κ2) is 6.31. The summed E-state index contributed by atoms with van der Waals surface area (Å²) >= 11 is 0. The molecule has 1 N–H and O–H groups in total. The number of rotatable bonds is 4. The first kappa shape index (κ1) is 14.8. The van der Waals surface area contributed by atoms with E-state index in [1.807, 2.05) is 54.7 Å². The summed E-state index contributed by atoms with van der Waals surface area (Å²) in [6.07, 6.45) is 1.85. The van der Waals surface area contributed by atoms with Crippen molar-refractivity contribution in [1.82, 2.24) is 15.0 Å². The van der Waals surface area contributed by atoms with Crippen molar-refractivity contribution in [3.63, 3.8) is 0 Å². The minimum atomic E-state index is -0.0956. The molecule has 2 aromatic carbocycles. The van der Waals surface area contributed by atoms with Crippen LogP contribution >= 0.6 is 0 Å². The normalized spacial score (nSPS) is 10.3. The van der Waals surface area contributed by atoms with Gasteiger partial charge in [-0.3, -0.25) is 4.79 Å². The van der Waals surface area contributed by atoms with E-state index in [2.05, 4.69) is 15.6 Å². The number of anilines is 1. The molecule has 23 heavy (non-hydrogen) atoms. The molecular formula is C17H16N4O2. The second-order valence-electron chi connectivity index (χ2n) is 5.01. The molecule has 3 aromatic rings. The number of nitrogens with zero attached hydrogens (tertiary/aromatic N) is 3. The lowest BCUT2D eigenvalue weighted by molar-refractivity contribution is -0.114. The number of nitrogens with one attached hydrogen (secondary N) is 1. The smallest absolute Gasteiger partial charge is 0.221 e. The summed E-state index contributed by atoms with van der Waals surface area (Å²) in [7, 11) is 1.63. The molecule has 0 spiro atoms. The monoisotopic (exact) mass is 308 g/mol. The molecule has 0 aliphatic heterocycles. The Morgan fingerprint density at radius 3 is 2.65 bits per heavy atom. The van der Waals surface area contributed by atoms with Crippen molar-refractivity contribution >= 4 is 11.6 Å². The Morgan fingerprint density at radius 2 is 1.96 bits per heavy atom. The van der Waals surface area contributed by atoms with Gasteiger partial charge in [0, 0.05) is 24.2 Å². The maximum absolute atomic E-state index is 11.0. The van der Waals surface area contributed by atoms with Crippen LogP contribution in [0.1, 0.15) is 6.92 Å². The van der Waals surface area contributed by atoms with Crippen molar-refractivity contribution < 1.29 is 9.53 Å². The third-order valence-electron chi connectivity index (χ3n) is 3.31. The van der Waals surface area contributed by atoms with E-state index < -0.39 is 0 Å². The molecule has 1 aromatic heterocycles. The van der Waals surface area contributed by atoms with Gasteiger partial charge in [-0.1, -0.05) is 23.4 Å². The summed E-state index contributed by atoms with van der Waals surface area (Å²) in [4.78, 5) is 11.0. The first-order chi connectivity index (χ1) is 11.2. The average Bonchev–Trinajstić information content (AvgIpc) is 3.05. The third-order valence-corrected chi connectivity index (χ3v) is 3.31. The highest BCUT2D eigenvalue weighted by molar-refractivity contribution is 5.88. The Kier molecular flexibility index (Phi) is 4.05. The molecule has 1 heterocycles. The number of amides is 1. The van der Waals surface area contributed by atoms with Crippen LogP contribution in [0, 0.1) is 0 Å². The number of carbonyl (C=O) groups excluding carboxylic acids is 1. The van der Waals surface area contributed by atoms with Crippen LogP contribution in [-0.4, -0.2) is 28.0 Å². The van der Waals surface area contributed by atoms with Crippen LogP contribution in [0.2, 0.25) is 0 Å². The molecule has 0 saturated carbocycles. The van der Waals surface area contributed by atoms with Crippen molar-refractivity contribution in [1.29, 1.82) is 0 Å². The molecule has 0 aliphatic rings. The van der Waals surface area contributed by atoms with Crippen molar-refractivity contribution in [2.75, 3.05) is 12.4 Å². The molecule has 0 atom stereocenters. The van der Waals surface area contributed by atoms with Crippen LogP contribution in [0.5, 0.6) is 5.75 Å². The molecule has 0 saturated heterocycles. The number of hydrogen-bond acceptors (Lipinski definition) is 4. The maximum Gasteiger partial charge on any atom is 0.221 e. The Bertz CT molecular complexity index is 825. The fourth-order valence-electron chi connectivity index (χ4n) is 2.20. The summed E-state index contributed by atoms with van der Waals surface area (Å²) in [5, 5.41) is 11.1. The lowest BCUT2D eigenvalue weighted by atomic mass is 10.1. The third kappa shape index (κ3) is 3.37. The van der Waals surface area contributed by atoms with E-state index in [9.17, 15) is 4.79 Å². The SMILES string of the molecule is COc1cccc(-n2cc(-c3ccc(NC(C)=O)cc3)nn2)c1. The zero-order chi connectivity index (χ0) is 16.2. The molecular weight excluding hydrogens is 292 g/mol. The molecule has 0 radical (unpaired) electrons. The van der Waals surface area contributed by atoms with Gasteiger partial charge < -0.3 is 10.1 Å². The van der Waals surface area contributed by atoms with Gasteiger partial charge in [-0.25, -0.2) is 4.68 Å². The largest absolute Gasteiger partial charge is 0.497 e. The minimum absolute atomic E-state index is 0.0956. The lowest BCUT2D eigenvalue weighted by Gasteiger charge is -2.03. The molecule has 116 valence electrons. The predicted octanol–water partition coefficient (Wildman–Crippen LogP) is 2.90. The Morgan fingerprint density at radius 1 is 1.17 bits per heavy atom. The Balaban J connectivity index is 1.85. The van der Waals surface area contributed by atoms with Gasteiger partial charge in [0.25, 0.3) is 0 Å². The van der Waals surface area contributed by atoms with Crippen molar-refractivity contribution in [2.24, 2.45) is 0 Å². The van der Waals surface area contributed by atoms with Gasteiger partial charge in [-0.2, -0.15) is 0 Å². The van der Waals surface area contributed by atoms with Crippen LogP contribution < -0.4 is 10.1 Å². The Hall–Kier alpha value is -3.15. The van der Waals surface area contributed by atoms with Crippen molar-refractivity contribution in [3.05, 3.63) is 54.7 Å². The quantitative estimate of drug-likeness (QED) is 0.804. The number of methoxy groups -OCH3 is 1. The summed E-state index contributed by atoms with van der Waals surface area (Å²) in [5.41, 5.74) is 3.30. The second-order valence-corrected chi connectivity index (χ2v) is 5.01. The molecule has 0 bridgehead atoms. The van der Waals surface area contributed by atoms with E-state index in [1.165, 1.54) is 6.92 Å². The minimum Gasteiger partial charge on any atom is -0.497 e. The number of hydrogen-bond donors (Lipinski definition) is 1. The van der Waals surface area contributed by atoms with Crippen molar-refractivity contribution in [3.8, 4) is 22.7 Å². The predicted molar refractivity (Wildman–Crippen MR) is 87.7 cm³/mol. The highest BCUT2D eigenvalue weighted by Crippen LogP contribution is 2.21. The molecule has 0 unspecified atom stereocenters. The van der Waals surface area contributed by atoms with Crippen molar-refractivity contribution in [2.45, 2.75) is 6.92 Å².